The predicted molar refractivity (Wildman–Crippen MR) is 82.6 cm³/mol. The van der Waals surface area contributed by atoms with Crippen LogP contribution in [0.5, 0.6) is 0 Å². The van der Waals surface area contributed by atoms with Gasteiger partial charge in [-0.05, 0) is 6.54 Å². The molecule has 0 radical (unpaired) electrons. The van der Waals surface area contributed by atoms with E-state index in [4.69, 9.17) is 11.5 Å². The summed E-state index contributed by atoms with van der Waals surface area (Å²) in [7, 11) is 0. The van der Waals surface area contributed by atoms with Crippen molar-refractivity contribution in [2.24, 2.45) is 11.5 Å². The molecule has 2 rings (SSSR count). The van der Waals surface area contributed by atoms with Gasteiger partial charge in [0.2, 0.25) is 11.8 Å². The van der Waals surface area contributed by atoms with E-state index >= 15 is 0 Å². The smallest absolute Gasteiger partial charge is 0.237 e. The molecule has 2 aromatic rings. The van der Waals surface area contributed by atoms with E-state index in [1.165, 1.54) is 0 Å². The maximum atomic E-state index is 11.1. The third kappa shape index (κ3) is 4.65. The Kier molecular flexibility index (Phi) is 5.47. The number of hydrogen-bond acceptors (Lipinski definition) is 5. The fourth-order valence-corrected chi connectivity index (χ4v) is 2.29. The molecule has 0 saturated carbocycles. The second kappa shape index (κ2) is 7.54. The summed E-state index contributed by atoms with van der Waals surface area (Å²) in [6.07, 6.45) is 6.73. The number of nitrogens with two attached hydrogens (primary N) is 2. The van der Waals surface area contributed by atoms with Crippen molar-refractivity contribution >= 4 is 11.8 Å². The number of primary amides is 2. The van der Waals surface area contributed by atoms with Crippen LogP contribution in [0.1, 0.15) is 18.6 Å². The molecule has 2 aromatic heterocycles. The van der Waals surface area contributed by atoms with Crippen LogP contribution in [-0.4, -0.2) is 42.4 Å². The zero-order valence-electron chi connectivity index (χ0n) is 13.1. The highest BCUT2D eigenvalue weighted by Gasteiger charge is 2.14. The Morgan fingerprint density at radius 3 is 1.78 bits per heavy atom. The van der Waals surface area contributed by atoms with Crippen LogP contribution in [-0.2, 0) is 35.8 Å². The lowest BCUT2D eigenvalue weighted by atomic mass is 10.4. The Morgan fingerprint density at radius 1 is 1.00 bits per heavy atom. The number of rotatable bonds is 9. The van der Waals surface area contributed by atoms with Crippen LogP contribution in [0.3, 0.4) is 0 Å². The summed E-state index contributed by atoms with van der Waals surface area (Å²) in [6, 6.07) is 0. The minimum Gasteiger partial charge on any atom is -0.368 e. The third-order valence-corrected chi connectivity index (χ3v) is 3.43. The van der Waals surface area contributed by atoms with Crippen molar-refractivity contribution in [3.63, 3.8) is 0 Å². The van der Waals surface area contributed by atoms with E-state index in [1.54, 1.807) is 33.9 Å². The highest BCUT2D eigenvalue weighted by Crippen LogP contribution is 2.08. The van der Waals surface area contributed by atoms with Crippen molar-refractivity contribution in [3.05, 3.63) is 36.4 Å². The quantitative estimate of drug-likeness (QED) is 0.618. The Labute approximate surface area is 133 Å². The van der Waals surface area contributed by atoms with E-state index in [0.717, 1.165) is 18.2 Å². The summed E-state index contributed by atoms with van der Waals surface area (Å²) in [4.78, 5) is 32.8. The van der Waals surface area contributed by atoms with E-state index in [9.17, 15) is 9.59 Å². The monoisotopic (exact) mass is 319 g/mol. The largest absolute Gasteiger partial charge is 0.368 e. The number of aromatic nitrogens is 4. The van der Waals surface area contributed by atoms with Gasteiger partial charge in [-0.25, -0.2) is 9.97 Å². The molecule has 0 spiro atoms. The average molecular weight is 319 g/mol. The number of amides is 2. The van der Waals surface area contributed by atoms with E-state index in [-0.39, 0.29) is 13.1 Å². The molecule has 0 unspecified atom stereocenters. The first-order chi connectivity index (χ1) is 11.0. The Morgan fingerprint density at radius 2 is 1.43 bits per heavy atom. The molecule has 2 heterocycles. The van der Waals surface area contributed by atoms with Crippen LogP contribution < -0.4 is 11.5 Å². The third-order valence-electron chi connectivity index (χ3n) is 3.43. The average Bonchev–Trinajstić information content (AvgIpc) is 3.07. The van der Waals surface area contributed by atoms with Crippen LogP contribution in [0.4, 0.5) is 0 Å². The summed E-state index contributed by atoms with van der Waals surface area (Å²) < 4.78 is 3.45. The molecular weight excluding hydrogens is 298 g/mol. The number of imidazole rings is 2. The van der Waals surface area contributed by atoms with E-state index in [0.29, 0.717) is 13.1 Å². The van der Waals surface area contributed by atoms with Crippen molar-refractivity contribution in [1.29, 1.82) is 0 Å². The summed E-state index contributed by atoms with van der Waals surface area (Å²) >= 11 is 0. The van der Waals surface area contributed by atoms with Crippen molar-refractivity contribution in [3.8, 4) is 0 Å². The van der Waals surface area contributed by atoms with Gasteiger partial charge < -0.3 is 20.6 Å². The Balaban J connectivity index is 2.06. The van der Waals surface area contributed by atoms with Gasteiger partial charge in [-0.3, -0.25) is 14.5 Å². The number of carbonyl (C=O) groups excluding carboxylic acids is 2. The van der Waals surface area contributed by atoms with Crippen molar-refractivity contribution in [1.82, 2.24) is 24.0 Å². The molecule has 0 aliphatic carbocycles. The summed E-state index contributed by atoms with van der Waals surface area (Å²) in [5, 5.41) is 0. The van der Waals surface area contributed by atoms with Crippen LogP contribution in [0, 0.1) is 0 Å². The molecule has 4 N–H and O–H groups in total. The SMILES string of the molecule is CCN(Cc1nccn1CC(N)=O)Cc1nccn1CC(N)=O. The molecular formula is C14H21N7O2. The van der Waals surface area contributed by atoms with Crippen LogP contribution in [0.25, 0.3) is 0 Å². The van der Waals surface area contributed by atoms with Gasteiger partial charge in [-0.1, -0.05) is 6.92 Å². The molecule has 0 aromatic carbocycles. The van der Waals surface area contributed by atoms with Gasteiger partial charge in [0.1, 0.15) is 24.7 Å². The molecule has 0 saturated heterocycles. The molecule has 2 amide bonds. The number of hydrogen-bond donors (Lipinski definition) is 2. The molecule has 23 heavy (non-hydrogen) atoms. The molecule has 9 nitrogen and oxygen atoms in total. The second-order valence-electron chi connectivity index (χ2n) is 5.18. The highest BCUT2D eigenvalue weighted by molar-refractivity contribution is 5.73. The van der Waals surface area contributed by atoms with Crippen LogP contribution in [0.15, 0.2) is 24.8 Å². The summed E-state index contributed by atoms with van der Waals surface area (Å²) in [5.74, 6) is 0.672. The lowest BCUT2D eigenvalue weighted by molar-refractivity contribution is -0.119. The maximum absolute atomic E-state index is 11.1. The number of nitrogens with zero attached hydrogens (tertiary/aromatic N) is 5. The maximum Gasteiger partial charge on any atom is 0.237 e. The summed E-state index contributed by atoms with van der Waals surface area (Å²) in [6.45, 7) is 4.06. The van der Waals surface area contributed by atoms with E-state index in [2.05, 4.69) is 14.9 Å². The zero-order valence-corrected chi connectivity index (χ0v) is 13.1. The summed E-state index contributed by atoms with van der Waals surface area (Å²) in [5.41, 5.74) is 10.5. The molecule has 0 bridgehead atoms. The van der Waals surface area contributed by atoms with Gasteiger partial charge >= 0.3 is 0 Å². The zero-order chi connectivity index (χ0) is 16.8. The highest BCUT2D eigenvalue weighted by atomic mass is 16.1. The normalized spacial score (nSPS) is 11.0. The van der Waals surface area contributed by atoms with Gasteiger partial charge in [-0.2, -0.15) is 0 Å². The Hall–Kier alpha value is -2.68. The molecule has 0 atom stereocenters. The molecule has 0 aliphatic heterocycles. The topological polar surface area (TPSA) is 125 Å². The standard InChI is InChI=1S/C14H21N7O2/c1-2-19(9-13-17-3-5-20(13)7-11(15)22)10-14-18-4-6-21(14)8-12(16)23/h3-6H,2,7-10H2,1H3,(H2,15,22)(H2,16,23). The molecule has 0 aliphatic rings. The van der Waals surface area contributed by atoms with E-state index in [1.807, 2.05) is 6.92 Å². The van der Waals surface area contributed by atoms with Gasteiger partial charge in [0.05, 0.1) is 13.1 Å². The van der Waals surface area contributed by atoms with Crippen LogP contribution >= 0.6 is 0 Å². The first-order valence-electron chi connectivity index (χ1n) is 7.28. The predicted octanol–water partition coefficient (Wildman–Crippen LogP) is -0.928. The first-order valence-corrected chi connectivity index (χ1v) is 7.28. The molecule has 0 fully saturated rings. The Bertz CT molecular complexity index is 620. The fourth-order valence-electron chi connectivity index (χ4n) is 2.29. The van der Waals surface area contributed by atoms with Gasteiger partial charge in [-0.15, -0.1) is 0 Å². The lowest BCUT2D eigenvalue weighted by Gasteiger charge is -2.20. The van der Waals surface area contributed by atoms with Crippen LogP contribution in [0.2, 0.25) is 0 Å². The molecule has 124 valence electrons. The second-order valence-corrected chi connectivity index (χ2v) is 5.18. The minimum atomic E-state index is -0.413. The lowest BCUT2D eigenvalue weighted by Crippen LogP contribution is -2.28. The van der Waals surface area contributed by atoms with Crippen molar-refractivity contribution in [2.75, 3.05) is 6.54 Å². The fraction of sp³-hybridized carbons (Fsp3) is 0.429. The first kappa shape index (κ1) is 16.7. The van der Waals surface area contributed by atoms with Crippen molar-refractivity contribution < 1.29 is 9.59 Å². The minimum absolute atomic E-state index is 0.100. The van der Waals surface area contributed by atoms with Gasteiger partial charge in [0.25, 0.3) is 0 Å². The van der Waals surface area contributed by atoms with Gasteiger partial charge in [0, 0.05) is 24.8 Å². The number of carbonyl (C=O) groups is 2. The van der Waals surface area contributed by atoms with E-state index < -0.39 is 11.8 Å². The van der Waals surface area contributed by atoms with Crippen molar-refractivity contribution in [2.45, 2.75) is 33.1 Å². The molecule has 9 heteroatoms. The van der Waals surface area contributed by atoms with Gasteiger partial charge in [0.15, 0.2) is 0 Å².